The van der Waals surface area contributed by atoms with Crippen molar-refractivity contribution < 1.29 is 33.6 Å². The number of benzene rings is 1. The van der Waals surface area contributed by atoms with Gasteiger partial charge in [0.15, 0.2) is 11.9 Å². The molecule has 0 spiro atoms. The molecule has 2 heterocycles. The number of alkyl halides is 1. The van der Waals surface area contributed by atoms with Crippen LogP contribution in [0.15, 0.2) is 51.7 Å². The number of nitrogens with zero attached hydrogens (tertiary/aromatic N) is 4. The summed E-state index contributed by atoms with van der Waals surface area (Å²) in [5, 5.41) is 22.1. The van der Waals surface area contributed by atoms with Crippen LogP contribution in [0.4, 0.5) is 0 Å². The molecule has 2 aliphatic carbocycles. The fraction of sp³-hybridized carbons (Fsp3) is 0.462. The number of methoxy groups -OCH3 is 2. The number of nitrogens with two attached hydrogens (primary N) is 1. The number of aromatic hydroxyl groups is 1. The number of rotatable bonds is 4. The molecule has 0 fully saturated rings. The van der Waals surface area contributed by atoms with Crippen molar-refractivity contribution in [1.82, 2.24) is 10.0 Å². The molecule has 0 amide bonds. The molecule has 0 saturated heterocycles. The molecule has 5 rings (SSSR count). The van der Waals surface area contributed by atoms with E-state index in [0.717, 1.165) is 5.57 Å². The molecule has 13 heteroatoms. The van der Waals surface area contributed by atoms with E-state index in [0.29, 0.717) is 22.4 Å². The Morgan fingerprint density at radius 3 is 2.72 bits per heavy atom. The van der Waals surface area contributed by atoms with Gasteiger partial charge in [-0.2, -0.15) is 10.2 Å². The Kier molecular flexibility index (Phi) is 7.27. The van der Waals surface area contributed by atoms with Crippen LogP contribution in [-0.2, 0) is 35.0 Å². The van der Waals surface area contributed by atoms with E-state index in [1.54, 1.807) is 17.1 Å². The lowest BCUT2D eigenvalue weighted by molar-refractivity contribution is -0.170. The zero-order valence-electron chi connectivity index (χ0n) is 21.8. The first-order valence-corrected chi connectivity index (χ1v) is 12.8. The van der Waals surface area contributed by atoms with Crippen LogP contribution in [0.25, 0.3) is 0 Å². The lowest BCUT2D eigenvalue weighted by Gasteiger charge is -2.36. The number of esters is 2. The summed E-state index contributed by atoms with van der Waals surface area (Å²) >= 11 is 6.47. The maximum Gasteiger partial charge on any atom is 0.345 e. The average Bonchev–Trinajstić information content (AvgIpc) is 3.27. The highest BCUT2D eigenvalue weighted by Crippen LogP contribution is 2.39. The molecule has 2 aliphatic heterocycles. The van der Waals surface area contributed by atoms with Crippen LogP contribution in [0.1, 0.15) is 24.5 Å². The van der Waals surface area contributed by atoms with Gasteiger partial charge in [-0.05, 0) is 35.3 Å². The van der Waals surface area contributed by atoms with Crippen molar-refractivity contribution in [2.75, 3.05) is 34.3 Å². The third-order valence-electron chi connectivity index (χ3n) is 7.17. The normalized spacial score (nSPS) is 29.6. The van der Waals surface area contributed by atoms with E-state index in [1.807, 2.05) is 19.1 Å². The van der Waals surface area contributed by atoms with Gasteiger partial charge in [-0.15, -0.1) is 11.6 Å². The molecule has 0 bridgehead atoms. The van der Waals surface area contributed by atoms with Gasteiger partial charge >= 0.3 is 11.9 Å². The zero-order chi connectivity index (χ0) is 27.9. The Bertz CT molecular complexity index is 1310. The maximum atomic E-state index is 12.9. The molecule has 0 radical (unpaired) electrons. The van der Waals surface area contributed by atoms with E-state index in [1.165, 1.54) is 25.3 Å². The van der Waals surface area contributed by atoms with Crippen molar-refractivity contribution in [2.45, 2.75) is 36.8 Å². The number of halogens is 1. The van der Waals surface area contributed by atoms with Crippen LogP contribution in [0.5, 0.6) is 5.75 Å². The number of amidine groups is 1. The van der Waals surface area contributed by atoms with E-state index in [9.17, 15) is 14.7 Å². The molecule has 4 aliphatic rings. The standard InChI is InChI=1S/C26H30ClN5O7/c1-14-6-19-15(8-20(14)27)9-21(24(34)36-2)38-12-31(30-23(19)28)11-32-13-39-26(25(35)37-3)10-16-7-17(33)4-5-18(16)22(26)29-32/h4-8,14,20-21,33H,9-13H2,1-3H3,(H2,28,30)/t14-,20?,21?,26?/m0/s1. The number of phenolic OH excluding ortho intramolecular Hbond substituents is 1. The number of carbonyl (C=O) groups is 2. The van der Waals surface area contributed by atoms with Crippen molar-refractivity contribution in [1.29, 1.82) is 0 Å². The fourth-order valence-electron chi connectivity index (χ4n) is 5.14. The van der Waals surface area contributed by atoms with Gasteiger partial charge in [-0.3, -0.25) is 0 Å². The van der Waals surface area contributed by atoms with Crippen LogP contribution >= 0.6 is 11.6 Å². The van der Waals surface area contributed by atoms with Crippen molar-refractivity contribution in [3.8, 4) is 5.75 Å². The van der Waals surface area contributed by atoms with Gasteiger partial charge in [0.25, 0.3) is 0 Å². The Morgan fingerprint density at radius 2 is 1.97 bits per heavy atom. The summed E-state index contributed by atoms with van der Waals surface area (Å²) in [4.78, 5) is 25.4. The van der Waals surface area contributed by atoms with Crippen molar-refractivity contribution >= 4 is 35.1 Å². The number of phenols is 1. The van der Waals surface area contributed by atoms with Crippen LogP contribution < -0.4 is 5.73 Å². The predicted octanol–water partition coefficient (Wildman–Crippen LogP) is 1.41. The monoisotopic (exact) mass is 559 g/mol. The molecular weight excluding hydrogens is 530 g/mol. The van der Waals surface area contributed by atoms with E-state index in [2.05, 4.69) is 5.10 Å². The second-order valence-corrected chi connectivity index (χ2v) is 10.3. The topological polar surface area (TPSA) is 149 Å². The average molecular weight is 560 g/mol. The maximum absolute atomic E-state index is 12.9. The van der Waals surface area contributed by atoms with E-state index >= 15 is 0 Å². The molecule has 0 aromatic heterocycles. The van der Waals surface area contributed by atoms with Crippen LogP contribution in [0.3, 0.4) is 0 Å². The number of fused-ring (bicyclic) bond motifs is 4. The van der Waals surface area contributed by atoms with Gasteiger partial charge in [0, 0.05) is 24.0 Å². The fourth-order valence-corrected chi connectivity index (χ4v) is 5.36. The summed E-state index contributed by atoms with van der Waals surface area (Å²) in [5.41, 5.74) is 8.20. The molecule has 0 saturated carbocycles. The summed E-state index contributed by atoms with van der Waals surface area (Å²) in [5.74, 6) is -0.802. The third kappa shape index (κ3) is 4.95. The summed E-state index contributed by atoms with van der Waals surface area (Å²) in [6, 6.07) is 4.80. The van der Waals surface area contributed by atoms with Gasteiger partial charge in [0.05, 0.1) is 19.6 Å². The molecule has 3 N–H and O–H groups in total. The largest absolute Gasteiger partial charge is 0.508 e. The number of carbonyl (C=O) groups excluding carboxylic acids is 2. The lowest BCUT2D eigenvalue weighted by atomic mass is 9.87. The van der Waals surface area contributed by atoms with Crippen LogP contribution in [-0.4, -0.2) is 90.0 Å². The Morgan fingerprint density at radius 1 is 1.21 bits per heavy atom. The molecule has 39 heavy (non-hydrogen) atoms. The second kappa shape index (κ2) is 10.5. The Hall–Kier alpha value is -3.61. The van der Waals surface area contributed by atoms with Gasteiger partial charge in [-0.25, -0.2) is 19.6 Å². The van der Waals surface area contributed by atoms with E-state index < -0.39 is 23.6 Å². The zero-order valence-corrected chi connectivity index (χ0v) is 22.6. The highest BCUT2D eigenvalue weighted by atomic mass is 35.5. The first kappa shape index (κ1) is 27.0. The quantitative estimate of drug-likeness (QED) is 0.409. The van der Waals surface area contributed by atoms with E-state index in [-0.39, 0.29) is 55.9 Å². The Balaban J connectivity index is 1.47. The number of hydrazone groups is 2. The minimum absolute atomic E-state index is 0.000996. The summed E-state index contributed by atoms with van der Waals surface area (Å²) in [7, 11) is 2.59. The van der Waals surface area contributed by atoms with Crippen LogP contribution in [0, 0.1) is 5.92 Å². The van der Waals surface area contributed by atoms with Crippen molar-refractivity contribution in [3.05, 3.63) is 52.6 Å². The SMILES string of the molecule is COC(=O)C1CC2=CC(Cl)[C@@H](C)C=C2/C(N)=N/N(CN2COC3(C(=O)OC)Cc4cc(O)ccc4C3=N2)CO1. The van der Waals surface area contributed by atoms with Gasteiger partial charge < -0.3 is 29.8 Å². The van der Waals surface area contributed by atoms with Crippen molar-refractivity contribution in [2.24, 2.45) is 21.9 Å². The number of hydrogen-bond acceptors (Lipinski definition) is 12. The molecule has 4 atom stereocenters. The summed E-state index contributed by atoms with van der Waals surface area (Å²) in [6.07, 6.45) is 3.29. The molecule has 1 aromatic rings. The highest BCUT2D eigenvalue weighted by Gasteiger charge is 2.54. The van der Waals surface area contributed by atoms with Gasteiger partial charge in [-0.1, -0.05) is 19.1 Å². The third-order valence-corrected chi connectivity index (χ3v) is 7.69. The number of hydrogen-bond donors (Lipinski definition) is 2. The summed E-state index contributed by atoms with van der Waals surface area (Å²) < 4.78 is 22.0. The number of ether oxygens (including phenoxy) is 4. The molecule has 208 valence electrons. The molecule has 12 nitrogen and oxygen atoms in total. The summed E-state index contributed by atoms with van der Waals surface area (Å²) in [6.45, 7) is 1.86. The molecule has 3 unspecified atom stereocenters. The molecular formula is C26H30ClN5O7. The van der Waals surface area contributed by atoms with Gasteiger partial charge in [0.2, 0.25) is 5.60 Å². The first-order chi connectivity index (χ1) is 18.6. The van der Waals surface area contributed by atoms with Crippen molar-refractivity contribution in [3.63, 3.8) is 0 Å². The lowest BCUT2D eigenvalue weighted by Crippen LogP contribution is -2.55. The second-order valence-electron chi connectivity index (χ2n) is 9.79. The van der Waals surface area contributed by atoms with Gasteiger partial charge in [0.1, 0.15) is 31.6 Å². The smallest absolute Gasteiger partial charge is 0.345 e. The minimum Gasteiger partial charge on any atom is -0.508 e. The first-order valence-electron chi connectivity index (χ1n) is 12.4. The van der Waals surface area contributed by atoms with E-state index in [4.69, 9.17) is 41.4 Å². The van der Waals surface area contributed by atoms with Crippen LogP contribution in [0.2, 0.25) is 0 Å². The highest BCUT2D eigenvalue weighted by molar-refractivity contribution is 6.23. The number of allylic oxidation sites excluding steroid dienone is 2. The molecule has 1 aromatic carbocycles. The Labute approximate surface area is 230 Å². The minimum atomic E-state index is -1.43. The predicted molar refractivity (Wildman–Crippen MR) is 141 cm³/mol.